The van der Waals surface area contributed by atoms with E-state index in [1.54, 1.807) is 6.07 Å². The van der Waals surface area contributed by atoms with Crippen molar-refractivity contribution in [2.75, 3.05) is 29.9 Å². The van der Waals surface area contributed by atoms with Crippen molar-refractivity contribution in [1.82, 2.24) is 4.98 Å². The van der Waals surface area contributed by atoms with Gasteiger partial charge in [-0.15, -0.1) is 0 Å². The van der Waals surface area contributed by atoms with E-state index >= 15 is 0 Å². The Hall–Kier alpha value is -4.13. The summed E-state index contributed by atoms with van der Waals surface area (Å²) >= 11 is 0. The highest BCUT2D eigenvalue weighted by atomic mass is 19.4. The molecule has 1 aromatic heterocycles. The highest BCUT2D eigenvalue weighted by Crippen LogP contribution is 2.40. The van der Waals surface area contributed by atoms with E-state index in [0.717, 1.165) is 11.1 Å². The second-order valence-corrected chi connectivity index (χ2v) is 11.6. The third-order valence-electron chi connectivity index (χ3n) is 7.94. The highest BCUT2D eigenvalue weighted by Gasteiger charge is 2.40. The zero-order valence-corrected chi connectivity index (χ0v) is 25.0. The third-order valence-corrected chi connectivity index (χ3v) is 7.94. The van der Waals surface area contributed by atoms with Gasteiger partial charge in [-0.05, 0) is 68.1 Å². The van der Waals surface area contributed by atoms with Gasteiger partial charge in [0.15, 0.2) is 5.78 Å². The summed E-state index contributed by atoms with van der Waals surface area (Å²) in [6.07, 6.45) is -8.96. The number of hydrogen-bond acceptors (Lipinski definition) is 7. The lowest BCUT2D eigenvalue weighted by atomic mass is 9.79. The van der Waals surface area contributed by atoms with Gasteiger partial charge in [0.05, 0.1) is 47.1 Å². The number of alkyl halides is 6. The number of ether oxygens (including phenoxy) is 1. The lowest BCUT2D eigenvalue weighted by Crippen LogP contribution is -2.35. The van der Waals surface area contributed by atoms with Crippen LogP contribution >= 0.6 is 0 Å². The fourth-order valence-electron chi connectivity index (χ4n) is 5.26. The molecule has 0 radical (unpaired) electrons. The van der Waals surface area contributed by atoms with Crippen LogP contribution in [0, 0.1) is 6.92 Å². The minimum Gasteiger partial charge on any atom is -0.464 e. The van der Waals surface area contributed by atoms with Gasteiger partial charge in [-0.1, -0.05) is 24.3 Å². The topological polar surface area (TPSA) is 91.8 Å². The number of nitrogens with one attached hydrogen (secondary N) is 1. The number of rotatable bonds is 9. The smallest absolute Gasteiger partial charge is 0.416 e. The maximum absolute atomic E-state index is 13.5. The number of carbonyl (C=O) groups is 2. The summed E-state index contributed by atoms with van der Waals surface area (Å²) in [5, 5.41) is 13.3. The van der Waals surface area contributed by atoms with Crippen LogP contribution in [0.2, 0.25) is 0 Å². The van der Waals surface area contributed by atoms with Gasteiger partial charge in [-0.3, -0.25) is 9.59 Å². The average molecular weight is 638 g/mol. The van der Waals surface area contributed by atoms with Crippen LogP contribution in [0.1, 0.15) is 49.4 Å². The summed E-state index contributed by atoms with van der Waals surface area (Å²) in [6.45, 7) is 5.57. The Labute approximate surface area is 256 Å². The number of β-amino-alcohol motifs (C(OH)–C–C–N with tert-alkyl or cyclic N) is 1. The number of esters is 1. The van der Waals surface area contributed by atoms with Crippen molar-refractivity contribution in [2.24, 2.45) is 0 Å². The fraction of sp³-hybridized carbons (Fsp3) is 0.406. The first-order chi connectivity index (χ1) is 20.9. The van der Waals surface area contributed by atoms with Crippen molar-refractivity contribution in [3.8, 4) is 11.1 Å². The number of ketones is 1. The first-order valence-corrected chi connectivity index (χ1v) is 14.1. The van der Waals surface area contributed by atoms with Crippen molar-refractivity contribution in [3.63, 3.8) is 0 Å². The number of carbonyl (C=O) groups excluding carboxylic acids is 2. The molecule has 2 atom stereocenters. The van der Waals surface area contributed by atoms with E-state index in [-0.39, 0.29) is 25.3 Å². The quantitative estimate of drug-likeness (QED) is 0.203. The van der Waals surface area contributed by atoms with E-state index in [1.165, 1.54) is 27.0 Å². The molecule has 1 fully saturated rings. The molecule has 7 nitrogen and oxygen atoms in total. The SMILES string of the molecule is CC(=O)OC[C@@H]1C[C@H](O)CN1c1cc(-c2ccccc2C)c(NCC(=O)C(C)(C)c2cc(C(F)(F)F)cc(C(F)(F)F)c2)cn1. The van der Waals surface area contributed by atoms with Crippen LogP contribution < -0.4 is 10.2 Å². The zero-order chi connectivity index (χ0) is 33.3. The van der Waals surface area contributed by atoms with Crippen molar-refractivity contribution < 1.29 is 45.8 Å². The second-order valence-electron chi connectivity index (χ2n) is 11.6. The monoisotopic (exact) mass is 637 g/mol. The summed E-state index contributed by atoms with van der Waals surface area (Å²) < 4.78 is 86.1. The summed E-state index contributed by atoms with van der Waals surface area (Å²) in [5.41, 5.74) is -2.47. The van der Waals surface area contributed by atoms with Gasteiger partial charge in [0, 0.05) is 19.0 Å². The molecule has 0 bridgehead atoms. The predicted octanol–water partition coefficient (Wildman–Crippen LogP) is 6.56. The molecule has 1 saturated heterocycles. The molecule has 45 heavy (non-hydrogen) atoms. The Morgan fingerprint density at radius 1 is 0.978 bits per heavy atom. The molecule has 0 aliphatic carbocycles. The van der Waals surface area contributed by atoms with E-state index in [1.807, 2.05) is 36.1 Å². The van der Waals surface area contributed by atoms with Crippen LogP contribution in [0.5, 0.6) is 0 Å². The molecule has 0 unspecified atom stereocenters. The molecule has 1 aliphatic rings. The van der Waals surface area contributed by atoms with E-state index in [2.05, 4.69) is 10.3 Å². The van der Waals surface area contributed by atoms with Crippen molar-refractivity contribution >= 4 is 23.3 Å². The Morgan fingerprint density at radius 2 is 1.58 bits per heavy atom. The lowest BCUT2D eigenvalue weighted by Gasteiger charge is -2.27. The number of benzene rings is 2. The van der Waals surface area contributed by atoms with Crippen LogP contribution in [0.15, 0.2) is 54.7 Å². The number of halogens is 6. The summed E-state index contributed by atoms with van der Waals surface area (Å²) in [4.78, 5) is 31.2. The molecule has 242 valence electrons. The molecule has 3 aromatic rings. The Balaban J connectivity index is 1.67. The largest absolute Gasteiger partial charge is 0.464 e. The molecule has 4 rings (SSSR count). The van der Waals surface area contributed by atoms with Gasteiger partial charge in [0.2, 0.25) is 0 Å². The summed E-state index contributed by atoms with van der Waals surface area (Å²) in [5.74, 6) is -0.640. The number of Topliss-reactive ketones (excluding diaryl/α,β-unsaturated/α-hetero) is 1. The maximum atomic E-state index is 13.5. The predicted molar refractivity (Wildman–Crippen MR) is 156 cm³/mol. The molecule has 0 amide bonds. The molecule has 13 heteroatoms. The molecule has 0 saturated carbocycles. The van der Waals surface area contributed by atoms with Crippen LogP contribution in [0.4, 0.5) is 37.8 Å². The number of anilines is 2. The third kappa shape index (κ3) is 7.75. The molecule has 2 N–H and O–H groups in total. The van der Waals surface area contributed by atoms with E-state index in [4.69, 9.17) is 4.74 Å². The minimum atomic E-state index is -5.05. The Bertz CT molecular complexity index is 1540. The van der Waals surface area contributed by atoms with Crippen LogP contribution in [-0.2, 0) is 32.1 Å². The summed E-state index contributed by atoms with van der Waals surface area (Å²) in [6, 6.07) is 9.96. The normalized spacial score (nSPS) is 17.4. The first kappa shape index (κ1) is 33.8. The molecule has 1 aliphatic heterocycles. The maximum Gasteiger partial charge on any atom is 0.416 e. The number of aromatic nitrogens is 1. The first-order valence-electron chi connectivity index (χ1n) is 14.1. The standard InChI is InChI=1S/C32H33F6N3O4/c1-18-7-5-6-8-25(18)26-13-29(41-16-24(43)12-23(41)17-45-19(2)42)40-14-27(26)39-15-28(44)30(3,4)20-9-21(31(33,34)35)11-22(10-20)32(36,37)38/h5-11,13-14,23-24,39,43H,12,15-17H2,1-4H3/t23-,24-/m0/s1. The molecule has 0 spiro atoms. The minimum absolute atomic E-state index is 0.0279. The van der Waals surface area contributed by atoms with Crippen LogP contribution in [0.25, 0.3) is 11.1 Å². The summed E-state index contributed by atoms with van der Waals surface area (Å²) in [7, 11) is 0. The van der Waals surface area contributed by atoms with Gasteiger partial charge < -0.3 is 20.1 Å². The van der Waals surface area contributed by atoms with E-state index in [0.29, 0.717) is 35.6 Å². The number of aliphatic hydroxyl groups is 1. The van der Waals surface area contributed by atoms with Gasteiger partial charge in [0.1, 0.15) is 12.4 Å². The molecule has 2 heterocycles. The second kappa shape index (κ2) is 12.7. The average Bonchev–Trinajstić information content (AvgIpc) is 3.34. The van der Waals surface area contributed by atoms with E-state index in [9.17, 15) is 41.0 Å². The van der Waals surface area contributed by atoms with Gasteiger partial charge >= 0.3 is 18.3 Å². The number of aryl methyl sites for hydroxylation is 1. The number of pyridine rings is 1. The Kier molecular flexibility index (Phi) is 9.53. The Morgan fingerprint density at radius 3 is 2.16 bits per heavy atom. The molecular weight excluding hydrogens is 604 g/mol. The van der Waals surface area contributed by atoms with Crippen molar-refractivity contribution in [1.29, 1.82) is 0 Å². The number of aliphatic hydroxyl groups excluding tert-OH is 1. The van der Waals surface area contributed by atoms with Gasteiger partial charge in [-0.25, -0.2) is 4.98 Å². The number of hydrogen-bond donors (Lipinski definition) is 2. The van der Waals surface area contributed by atoms with Crippen molar-refractivity contribution in [3.05, 3.63) is 77.0 Å². The molecular formula is C32H33F6N3O4. The van der Waals surface area contributed by atoms with Gasteiger partial charge in [0.25, 0.3) is 0 Å². The van der Waals surface area contributed by atoms with Crippen LogP contribution in [-0.4, -0.2) is 53.7 Å². The number of nitrogens with zero attached hydrogens (tertiary/aromatic N) is 2. The fourth-order valence-corrected chi connectivity index (χ4v) is 5.26. The highest BCUT2D eigenvalue weighted by molar-refractivity contribution is 5.94. The van der Waals surface area contributed by atoms with E-state index < -0.39 is 58.9 Å². The van der Waals surface area contributed by atoms with Crippen LogP contribution in [0.3, 0.4) is 0 Å². The lowest BCUT2D eigenvalue weighted by molar-refractivity contribution is -0.144. The van der Waals surface area contributed by atoms with Crippen molar-refractivity contribution in [2.45, 2.75) is 64.0 Å². The molecule has 2 aromatic carbocycles. The van der Waals surface area contributed by atoms with Gasteiger partial charge in [-0.2, -0.15) is 26.3 Å². The zero-order valence-electron chi connectivity index (χ0n) is 25.0.